The number of thioether (sulfide) groups is 1. The van der Waals surface area contributed by atoms with Crippen molar-refractivity contribution >= 4 is 23.4 Å². The molecule has 21 heavy (non-hydrogen) atoms. The zero-order valence-electron chi connectivity index (χ0n) is 12.4. The summed E-state index contributed by atoms with van der Waals surface area (Å²) in [5.74, 6) is 0.0271. The van der Waals surface area contributed by atoms with Gasteiger partial charge in [0.05, 0.1) is 5.69 Å². The number of nitrogens with one attached hydrogen (secondary N) is 1. The summed E-state index contributed by atoms with van der Waals surface area (Å²) in [4.78, 5) is 13.1. The number of para-hydroxylation sites is 1. The highest BCUT2D eigenvalue weighted by Crippen LogP contribution is 2.24. The number of benzene rings is 2. The van der Waals surface area contributed by atoms with Crippen LogP contribution in [0, 0.1) is 0 Å². The van der Waals surface area contributed by atoms with E-state index in [0.29, 0.717) is 6.54 Å². The normalized spacial score (nSPS) is 11.9. The van der Waals surface area contributed by atoms with Crippen molar-refractivity contribution in [3.05, 3.63) is 60.2 Å². The lowest BCUT2D eigenvalue weighted by Gasteiger charge is -2.12. The van der Waals surface area contributed by atoms with E-state index in [9.17, 15) is 4.79 Å². The first-order valence-electron chi connectivity index (χ1n) is 7.02. The molecule has 3 nitrogen and oxygen atoms in total. The second-order valence-electron chi connectivity index (χ2n) is 4.89. The van der Waals surface area contributed by atoms with Gasteiger partial charge in [-0.2, -0.15) is 0 Å². The molecule has 1 atom stereocenters. The van der Waals surface area contributed by atoms with Gasteiger partial charge >= 0.3 is 0 Å². The van der Waals surface area contributed by atoms with Crippen molar-refractivity contribution in [3.8, 4) is 0 Å². The van der Waals surface area contributed by atoms with Gasteiger partial charge in [0.25, 0.3) is 5.91 Å². The standard InChI is InChI=1S/C17H20N2OS/c1-13(14-8-4-3-5-9-14)18-12-17(20)19-15-10-6-7-11-16(15)21-2/h3-11,13,18H,12H2,1-2H3,(H,19,20)/p+1/t13-/m0/s1. The largest absolute Gasteiger partial charge is 0.333 e. The molecular formula is C17H21N2OS+. The average molecular weight is 301 g/mol. The van der Waals surface area contributed by atoms with Crippen LogP contribution in [0.25, 0.3) is 0 Å². The van der Waals surface area contributed by atoms with Gasteiger partial charge in [-0.05, 0) is 25.3 Å². The van der Waals surface area contributed by atoms with Crippen LogP contribution in [-0.2, 0) is 4.79 Å². The minimum Gasteiger partial charge on any atom is -0.333 e. The maximum Gasteiger partial charge on any atom is 0.279 e. The van der Waals surface area contributed by atoms with E-state index < -0.39 is 0 Å². The summed E-state index contributed by atoms with van der Waals surface area (Å²) < 4.78 is 0. The molecule has 0 spiro atoms. The summed E-state index contributed by atoms with van der Waals surface area (Å²) >= 11 is 1.63. The first-order valence-corrected chi connectivity index (χ1v) is 8.24. The molecule has 0 aliphatic heterocycles. The second kappa shape index (κ2) is 7.86. The Kier molecular flexibility index (Phi) is 5.84. The number of hydrogen-bond acceptors (Lipinski definition) is 2. The van der Waals surface area contributed by atoms with Crippen LogP contribution in [0.1, 0.15) is 18.5 Å². The van der Waals surface area contributed by atoms with E-state index in [1.807, 2.05) is 54.0 Å². The van der Waals surface area contributed by atoms with E-state index >= 15 is 0 Å². The fraction of sp³-hybridized carbons (Fsp3) is 0.235. The number of rotatable bonds is 6. The van der Waals surface area contributed by atoms with Crippen LogP contribution in [0.5, 0.6) is 0 Å². The van der Waals surface area contributed by atoms with Gasteiger partial charge in [0.2, 0.25) is 0 Å². The third-order valence-corrected chi connectivity index (χ3v) is 4.16. The summed E-state index contributed by atoms with van der Waals surface area (Å²) in [6.07, 6.45) is 2.01. The van der Waals surface area contributed by atoms with Crippen molar-refractivity contribution in [2.24, 2.45) is 0 Å². The van der Waals surface area contributed by atoms with Gasteiger partial charge in [-0.1, -0.05) is 42.5 Å². The molecule has 0 fully saturated rings. The molecule has 2 aromatic rings. The first kappa shape index (κ1) is 15.6. The van der Waals surface area contributed by atoms with Crippen LogP contribution in [0.15, 0.2) is 59.5 Å². The van der Waals surface area contributed by atoms with E-state index in [4.69, 9.17) is 0 Å². The van der Waals surface area contributed by atoms with Gasteiger partial charge in [-0.15, -0.1) is 11.8 Å². The lowest BCUT2D eigenvalue weighted by atomic mass is 10.1. The number of nitrogens with two attached hydrogens (primary N) is 1. The fourth-order valence-electron chi connectivity index (χ4n) is 2.13. The molecule has 0 bridgehead atoms. The Labute approximate surface area is 130 Å². The molecule has 2 rings (SSSR count). The van der Waals surface area contributed by atoms with Gasteiger partial charge in [0, 0.05) is 10.5 Å². The van der Waals surface area contributed by atoms with Crippen LogP contribution >= 0.6 is 11.8 Å². The van der Waals surface area contributed by atoms with Crippen LogP contribution in [-0.4, -0.2) is 18.7 Å². The van der Waals surface area contributed by atoms with E-state index in [1.54, 1.807) is 11.8 Å². The molecule has 110 valence electrons. The number of hydrogen-bond donors (Lipinski definition) is 2. The molecular weight excluding hydrogens is 280 g/mol. The molecule has 0 aliphatic rings. The number of amides is 1. The van der Waals surface area contributed by atoms with Crippen molar-refractivity contribution in [1.29, 1.82) is 0 Å². The number of carbonyl (C=O) groups excluding carboxylic acids is 1. The molecule has 0 aromatic heterocycles. The minimum atomic E-state index is 0.0271. The Hall–Kier alpha value is -1.78. The van der Waals surface area contributed by atoms with Gasteiger partial charge in [-0.3, -0.25) is 4.79 Å². The Balaban J connectivity index is 1.88. The highest BCUT2D eigenvalue weighted by Gasteiger charge is 2.12. The van der Waals surface area contributed by atoms with Crippen LogP contribution in [0.3, 0.4) is 0 Å². The van der Waals surface area contributed by atoms with Gasteiger partial charge in [-0.25, -0.2) is 0 Å². The molecule has 0 saturated carbocycles. The zero-order chi connectivity index (χ0) is 15.1. The van der Waals surface area contributed by atoms with Gasteiger partial charge < -0.3 is 10.6 Å². The molecule has 3 N–H and O–H groups in total. The lowest BCUT2D eigenvalue weighted by Crippen LogP contribution is -2.86. The van der Waals surface area contributed by atoms with E-state index in [0.717, 1.165) is 10.6 Å². The van der Waals surface area contributed by atoms with Crippen LogP contribution in [0.4, 0.5) is 5.69 Å². The molecule has 0 aliphatic carbocycles. The summed E-state index contributed by atoms with van der Waals surface area (Å²) in [7, 11) is 0. The average Bonchev–Trinajstić information content (AvgIpc) is 2.54. The Bertz CT molecular complexity index is 586. The Morgan fingerprint density at radius 2 is 1.81 bits per heavy atom. The highest BCUT2D eigenvalue weighted by atomic mass is 32.2. The Morgan fingerprint density at radius 3 is 2.52 bits per heavy atom. The predicted octanol–water partition coefficient (Wildman–Crippen LogP) is 2.67. The van der Waals surface area contributed by atoms with Crippen LogP contribution in [0.2, 0.25) is 0 Å². The number of anilines is 1. The fourth-order valence-corrected chi connectivity index (χ4v) is 2.68. The molecule has 4 heteroatoms. The third kappa shape index (κ3) is 4.62. The van der Waals surface area contributed by atoms with Crippen molar-refractivity contribution in [3.63, 3.8) is 0 Å². The topological polar surface area (TPSA) is 45.7 Å². The van der Waals surface area contributed by atoms with Crippen molar-refractivity contribution in [2.45, 2.75) is 17.9 Å². The molecule has 2 aromatic carbocycles. The minimum absolute atomic E-state index is 0.0271. The summed E-state index contributed by atoms with van der Waals surface area (Å²) in [6.45, 7) is 2.53. The Morgan fingerprint density at radius 1 is 1.14 bits per heavy atom. The summed E-state index contributed by atoms with van der Waals surface area (Å²) in [6, 6.07) is 18.3. The highest BCUT2D eigenvalue weighted by molar-refractivity contribution is 7.98. The lowest BCUT2D eigenvalue weighted by molar-refractivity contribution is -0.682. The van der Waals surface area contributed by atoms with Gasteiger partial charge in [0.15, 0.2) is 6.54 Å². The van der Waals surface area contributed by atoms with E-state index in [-0.39, 0.29) is 11.9 Å². The molecule has 0 radical (unpaired) electrons. The molecule has 1 amide bonds. The van der Waals surface area contributed by atoms with Crippen LogP contribution < -0.4 is 10.6 Å². The summed E-state index contributed by atoms with van der Waals surface area (Å²) in [5.41, 5.74) is 2.12. The third-order valence-electron chi connectivity index (χ3n) is 3.36. The number of quaternary nitrogens is 1. The quantitative estimate of drug-likeness (QED) is 0.806. The first-order chi connectivity index (χ1) is 10.2. The SMILES string of the molecule is CSc1ccccc1NC(=O)C[NH2+][C@@H](C)c1ccccc1. The van der Waals surface area contributed by atoms with Gasteiger partial charge in [0.1, 0.15) is 6.04 Å². The summed E-state index contributed by atoms with van der Waals surface area (Å²) in [5, 5.41) is 5.03. The zero-order valence-corrected chi connectivity index (χ0v) is 13.2. The monoisotopic (exact) mass is 301 g/mol. The maximum absolute atomic E-state index is 12.1. The maximum atomic E-state index is 12.1. The predicted molar refractivity (Wildman–Crippen MR) is 88.5 cm³/mol. The molecule has 0 heterocycles. The molecule has 0 saturated heterocycles. The molecule has 0 unspecified atom stereocenters. The van der Waals surface area contributed by atoms with E-state index in [2.05, 4.69) is 24.4 Å². The van der Waals surface area contributed by atoms with Crippen molar-refractivity contribution in [1.82, 2.24) is 0 Å². The van der Waals surface area contributed by atoms with Crippen molar-refractivity contribution < 1.29 is 10.1 Å². The smallest absolute Gasteiger partial charge is 0.279 e. The second-order valence-corrected chi connectivity index (χ2v) is 5.74. The number of carbonyl (C=O) groups is 1. The van der Waals surface area contributed by atoms with E-state index in [1.165, 1.54) is 5.56 Å². The van der Waals surface area contributed by atoms with Crippen molar-refractivity contribution in [2.75, 3.05) is 18.1 Å².